The molecule has 0 bridgehead atoms. The van der Waals surface area contributed by atoms with Gasteiger partial charge in [-0.25, -0.2) is 0 Å². The summed E-state index contributed by atoms with van der Waals surface area (Å²) < 4.78 is 5.64. The van der Waals surface area contributed by atoms with Gasteiger partial charge in [0.05, 0.1) is 0 Å². The number of carbonyl (C=O) groups is 2. The molecule has 5 nitrogen and oxygen atoms in total. The van der Waals surface area contributed by atoms with E-state index in [1.54, 1.807) is 11.8 Å². The van der Waals surface area contributed by atoms with Crippen LogP contribution in [-0.2, 0) is 16.1 Å². The van der Waals surface area contributed by atoms with Crippen LogP contribution in [0.15, 0.2) is 60.7 Å². The number of amides is 2. The molecule has 154 valence electrons. The van der Waals surface area contributed by atoms with Crippen molar-refractivity contribution >= 4 is 11.8 Å². The normalized spacial score (nSPS) is 15.3. The van der Waals surface area contributed by atoms with Crippen LogP contribution in [0.1, 0.15) is 44.6 Å². The van der Waals surface area contributed by atoms with E-state index in [1.807, 2.05) is 60.7 Å². The zero-order chi connectivity index (χ0) is 20.5. The molecular weight excluding hydrogens is 364 g/mol. The topological polar surface area (TPSA) is 58.6 Å². The van der Waals surface area contributed by atoms with Crippen LogP contribution in [0.2, 0.25) is 0 Å². The number of para-hydroxylation sites is 1. The lowest BCUT2D eigenvalue weighted by Gasteiger charge is -2.31. The smallest absolute Gasteiger partial charge is 0.261 e. The Balaban J connectivity index is 1.67. The van der Waals surface area contributed by atoms with Crippen molar-refractivity contribution in [3.05, 3.63) is 66.2 Å². The van der Waals surface area contributed by atoms with E-state index < -0.39 is 6.04 Å². The quantitative estimate of drug-likeness (QED) is 0.738. The fraction of sp³-hybridized carbons (Fsp3) is 0.417. The molecule has 1 aliphatic rings. The first kappa shape index (κ1) is 20.9. The maximum absolute atomic E-state index is 13.0. The molecule has 2 amide bonds. The molecule has 5 heteroatoms. The molecule has 1 N–H and O–H groups in total. The van der Waals surface area contributed by atoms with Gasteiger partial charge in [-0.05, 0) is 37.5 Å². The van der Waals surface area contributed by atoms with Crippen molar-refractivity contribution in [2.24, 2.45) is 0 Å². The summed E-state index contributed by atoms with van der Waals surface area (Å²) in [7, 11) is 0. The van der Waals surface area contributed by atoms with Crippen LogP contribution in [-0.4, -0.2) is 35.4 Å². The van der Waals surface area contributed by atoms with Gasteiger partial charge in [0.25, 0.3) is 5.91 Å². The Kier molecular flexibility index (Phi) is 7.68. The summed E-state index contributed by atoms with van der Waals surface area (Å²) in [6, 6.07) is 18.6. The summed E-state index contributed by atoms with van der Waals surface area (Å²) in [6.07, 6.45) is 5.57. The molecule has 1 saturated carbocycles. The first-order valence-corrected chi connectivity index (χ1v) is 10.4. The second-order valence-corrected chi connectivity index (χ2v) is 7.63. The fourth-order valence-electron chi connectivity index (χ4n) is 3.68. The standard InChI is InChI=1S/C24H30N2O3/c1-19(24(28)25-21-13-7-3-8-14-21)26(17-20-11-5-2-6-12-20)23(27)18-29-22-15-9-4-10-16-22/h2,4-6,9-12,15-16,19,21H,3,7-8,13-14,17-18H2,1H3,(H,25,28). The van der Waals surface area contributed by atoms with Gasteiger partial charge in [0.15, 0.2) is 6.61 Å². The zero-order valence-electron chi connectivity index (χ0n) is 17.0. The van der Waals surface area contributed by atoms with E-state index in [9.17, 15) is 9.59 Å². The first-order chi connectivity index (χ1) is 14.1. The summed E-state index contributed by atoms with van der Waals surface area (Å²) in [5.41, 5.74) is 0.984. The maximum atomic E-state index is 13.0. The van der Waals surface area contributed by atoms with Crippen LogP contribution < -0.4 is 10.1 Å². The van der Waals surface area contributed by atoms with Crippen LogP contribution in [0.25, 0.3) is 0 Å². The van der Waals surface area contributed by atoms with Gasteiger partial charge >= 0.3 is 0 Å². The molecule has 0 radical (unpaired) electrons. The van der Waals surface area contributed by atoms with Crippen molar-refractivity contribution in [1.29, 1.82) is 0 Å². The summed E-state index contributed by atoms with van der Waals surface area (Å²) >= 11 is 0. The van der Waals surface area contributed by atoms with E-state index in [2.05, 4.69) is 5.32 Å². The zero-order valence-corrected chi connectivity index (χ0v) is 17.0. The van der Waals surface area contributed by atoms with Gasteiger partial charge in [0.1, 0.15) is 11.8 Å². The molecule has 3 rings (SSSR count). The number of carbonyl (C=O) groups excluding carboxylic acids is 2. The Bertz CT molecular complexity index is 773. The number of ether oxygens (including phenoxy) is 1. The Labute approximate surface area is 173 Å². The van der Waals surface area contributed by atoms with Gasteiger partial charge in [-0.2, -0.15) is 0 Å². The highest BCUT2D eigenvalue weighted by Gasteiger charge is 2.28. The minimum Gasteiger partial charge on any atom is -0.484 e. The molecule has 0 saturated heterocycles. The number of hydrogen-bond acceptors (Lipinski definition) is 3. The Morgan fingerprint density at radius 3 is 2.28 bits per heavy atom. The van der Waals surface area contributed by atoms with E-state index in [0.717, 1.165) is 31.2 Å². The van der Waals surface area contributed by atoms with Crippen LogP contribution in [0.3, 0.4) is 0 Å². The van der Waals surface area contributed by atoms with Crippen molar-refractivity contribution in [2.75, 3.05) is 6.61 Å². The average Bonchev–Trinajstić information content (AvgIpc) is 2.77. The Morgan fingerprint density at radius 1 is 1.00 bits per heavy atom. The SMILES string of the molecule is CC(C(=O)NC1CCCCC1)N(Cc1ccccc1)C(=O)COc1ccccc1. The highest BCUT2D eigenvalue weighted by atomic mass is 16.5. The van der Waals surface area contributed by atoms with E-state index in [1.165, 1.54) is 6.42 Å². The van der Waals surface area contributed by atoms with Gasteiger partial charge < -0.3 is 15.0 Å². The van der Waals surface area contributed by atoms with Gasteiger partial charge in [-0.1, -0.05) is 67.8 Å². The highest BCUT2D eigenvalue weighted by molar-refractivity contribution is 5.88. The lowest BCUT2D eigenvalue weighted by atomic mass is 9.95. The summed E-state index contributed by atoms with van der Waals surface area (Å²) in [4.78, 5) is 27.5. The van der Waals surface area contributed by atoms with Crippen molar-refractivity contribution in [3.63, 3.8) is 0 Å². The van der Waals surface area contributed by atoms with Crippen LogP contribution in [0.4, 0.5) is 0 Å². The molecule has 2 aromatic carbocycles. The second kappa shape index (κ2) is 10.6. The van der Waals surface area contributed by atoms with E-state index >= 15 is 0 Å². The first-order valence-electron chi connectivity index (χ1n) is 10.4. The van der Waals surface area contributed by atoms with Crippen LogP contribution in [0.5, 0.6) is 5.75 Å². The third-order valence-electron chi connectivity index (χ3n) is 5.42. The molecule has 1 aliphatic carbocycles. The van der Waals surface area contributed by atoms with Crippen LogP contribution in [0, 0.1) is 0 Å². The molecule has 1 unspecified atom stereocenters. The van der Waals surface area contributed by atoms with Gasteiger partial charge in [-0.3, -0.25) is 9.59 Å². The summed E-state index contributed by atoms with van der Waals surface area (Å²) in [6.45, 7) is 2.07. The van der Waals surface area contributed by atoms with Crippen molar-refractivity contribution in [3.8, 4) is 5.75 Å². The molecule has 0 heterocycles. The molecular formula is C24H30N2O3. The monoisotopic (exact) mass is 394 g/mol. The fourth-order valence-corrected chi connectivity index (χ4v) is 3.68. The molecule has 1 atom stereocenters. The highest BCUT2D eigenvalue weighted by Crippen LogP contribution is 2.18. The van der Waals surface area contributed by atoms with Crippen molar-refractivity contribution < 1.29 is 14.3 Å². The van der Waals surface area contributed by atoms with Crippen molar-refractivity contribution in [1.82, 2.24) is 10.2 Å². The lowest BCUT2D eigenvalue weighted by Crippen LogP contribution is -2.51. The molecule has 0 aromatic heterocycles. The number of rotatable bonds is 8. The third kappa shape index (κ3) is 6.34. The Hall–Kier alpha value is -2.82. The van der Waals surface area contributed by atoms with E-state index in [-0.39, 0.29) is 24.5 Å². The third-order valence-corrected chi connectivity index (χ3v) is 5.42. The molecule has 2 aromatic rings. The summed E-state index contributed by atoms with van der Waals surface area (Å²) in [5.74, 6) is 0.338. The minimum atomic E-state index is -0.566. The molecule has 0 spiro atoms. The van der Waals surface area contributed by atoms with Crippen LogP contribution >= 0.6 is 0 Å². The average molecular weight is 395 g/mol. The Morgan fingerprint density at radius 2 is 1.62 bits per heavy atom. The van der Waals surface area contributed by atoms with Gasteiger partial charge in [0.2, 0.25) is 5.91 Å². The van der Waals surface area contributed by atoms with Gasteiger partial charge in [0, 0.05) is 12.6 Å². The second-order valence-electron chi connectivity index (χ2n) is 7.63. The lowest BCUT2D eigenvalue weighted by molar-refractivity contribution is -0.142. The molecule has 0 aliphatic heterocycles. The largest absolute Gasteiger partial charge is 0.484 e. The van der Waals surface area contributed by atoms with Gasteiger partial charge in [-0.15, -0.1) is 0 Å². The number of hydrogen-bond donors (Lipinski definition) is 1. The van der Waals surface area contributed by atoms with E-state index in [4.69, 9.17) is 4.74 Å². The molecule has 1 fully saturated rings. The predicted molar refractivity (Wildman–Crippen MR) is 113 cm³/mol. The maximum Gasteiger partial charge on any atom is 0.261 e. The summed E-state index contributed by atoms with van der Waals surface area (Å²) in [5, 5.41) is 3.14. The number of nitrogens with one attached hydrogen (secondary N) is 1. The minimum absolute atomic E-state index is 0.0964. The van der Waals surface area contributed by atoms with E-state index in [0.29, 0.717) is 12.3 Å². The molecule has 29 heavy (non-hydrogen) atoms. The number of benzene rings is 2. The predicted octanol–water partition coefficient (Wildman–Crippen LogP) is 3.93. The number of nitrogens with zero attached hydrogens (tertiary/aromatic N) is 1. The van der Waals surface area contributed by atoms with Crippen molar-refractivity contribution in [2.45, 2.75) is 57.7 Å².